The summed E-state index contributed by atoms with van der Waals surface area (Å²) in [5, 5.41) is 5.83. The molecule has 1 aliphatic carbocycles. The van der Waals surface area contributed by atoms with Crippen LogP contribution in [-0.2, 0) is 18.4 Å². The van der Waals surface area contributed by atoms with Gasteiger partial charge in [0, 0.05) is 30.4 Å². The van der Waals surface area contributed by atoms with Crippen LogP contribution in [-0.4, -0.2) is 27.8 Å². The summed E-state index contributed by atoms with van der Waals surface area (Å²) in [6, 6.07) is 33.0. The van der Waals surface area contributed by atoms with Crippen molar-refractivity contribution in [1.29, 1.82) is 0 Å². The average Bonchev–Trinajstić information content (AvgIpc) is 3.21. The highest BCUT2D eigenvalue weighted by Crippen LogP contribution is 2.66. The highest BCUT2D eigenvalue weighted by Gasteiger charge is 2.69. The van der Waals surface area contributed by atoms with Gasteiger partial charge in [-0.2, -0.15) is 5.10 Å². The zero-order valence-electron chi connectivity index (χ0n) is 21.0. The lowest BCUT2D eigenvalue weighted by Gasteiger charge is -2.25. The van der Waals surface area contributed by atoms with Crippen molar-refractivity contribution < 1.29 is 4.39 Å². The molecule has 1 aliphatic heterocycles. The van der Waals surface area contributed by atoms with Gasteiger partial charge in [0.2, 0.25) is 0 Å². The lowest BCUT2D eigenvalue weighted by molar-refractivity contribution is 0.268. The number of benzene rings is 4. The molecule has 3 atom stereocenters. The first kappa shape index (κ1) is 22.4. The molecule has 184 valence electrons. The van der Waals surface area contributed by atoms with Gasteiger partial charge in [0.15, 0.2) is 0 Å². The maximum Gasteiger partial charge on any atom is 0.123 e. The van der Waals surface area contributed by atoms with E-state index in [9.17, 15) is 4.39 Å². The van der Waals surface area contributed by atoms with Gasteiger partial charge in [0.1, 0.15) is 5.82 Å². The number of nitrogens with zero attached hydrogens (tertiary/aromatic N) is 3. The van der Waals surface area contributed by atoms with Crippen molar-refractivity contribution in [1.82, 2.24) is 14.7 Å². The first-order valence-corrected chi connectivity index (χ1v) is 13.2. The van der Waals surface area contributed by atoms with E-state index in [-0.39, 0.29) is 11.2 Å². The van der Waals surface area contributed by atoms with Crippen LogP contribution in [0.3, 0.4) is 0 Å². The van der Waals surface area contributed by atoms with Crippen LogP contribution in [0.1, 0.15) is 22.3 Å². The SMILES string of the molecule is Cc1cc2c(cnn2-c2ccc(F)cc2)cc1[C@]12CN(Cc3ccccc3)C[C@H]1[C@@H]2Cc1ccccc1. The number of fused-ring (bicyclic) bond motifs is 2. The zero-order valence-corrected chi connectivity index (χ0v) is 21.0. The predicted molar refractivity (Wildman–Crippen MR) is 146 cm³/mol. The summed E-state index contributed by atoms with van der Waals surface area (Å²) in [5.74, 6) is 1.06. The van der Waals surface area contributed by atoms with Crippen molar-refractivity contribution in [3.05, 3.63) is 131 Å². The average molecular weight is 488 g/mol. The van der Waals surface area contributed by atoms with Crippen LogP contribution in [0, 0.1) is 24.6 Å². The van der Waals surface area contributed by atoms with Gasteiger partial charge in [-0.15, -0.1) is 0 Å². The van der Waals surface area contributed by atoms with Gasteiger partial charge in [0.05, 0.1) is 17.4 Å². The maximum absolute atomic E-state index is 13.5. The van der Waals surface area contributed by atoms with E-state index in [1.54, 1.807) is 12.1 Å². The second kappa shape index (κ2) is 8.67. The maximum atomic E-state index is 13.5. The van der Waals surface area contributed by atoms with E-state index in [2.05, 4.69) is 89.7 Å². The minimum Gasteiger partial charge on any atom is -0.298 e. The third-order valence-corrected chi connectivity index (χ3v) is 8.67. The van der Waals surface area contributed by atoms with E-state index in [4.69, 9.17) is 0 Å². The monoisotopic (exact) mass is 487 g/mol. The number of hydrogen-bond donors (Lipinski definition) is 0. The Hall–Kier alpha value is -3.76. The summed E-state index contributed by atoms with van der Waals surface area (Å²) < 4.78 is 15.4. The van der Waals surface area contributed by atoms with E-state index >= 15 is 0 Å². The quantitative estimate of drug-likeness (QED) is 0.265. The summed E-state index contributed by atoms with van der Waals surface area (Å²) in [6.07, 6.45) is 3.08. The van der Waals surface area contributed by atoms with Crippen LogP contribution in [0.25, 0.3) is 16.6 Å². The molecule has 5 aromatic rings. The molecule has 2 heterocycles. The lowest BCUT2D eigenvalue weighted by Crippen LogP contribution is -2.30. The Morgan fingerprint density at radius 2 is 1.59 bits per heavy atom. The molecule has 4 aromatic carbocycles. The van der Waals surface area contributed by atoms with Gasteiger partial charge >= 0.3 is 0 Å². The molecule has 3 nitrogen and oxygen atoms in total. The number of aryl methyl sites for hydroxylation is 1. The molecule has 0 N–H and O–H groups in total. The summed E-state index contributed by atoms with van der Waals surface area (Å²) >= 11 is 0. The molecule has 0 amide bonds. The number of rotatable bonds is 6. The van der Waals surface area contributed by atoms with Crippen LogP contribution < -0.4 is 0 Å². The van der Waals surface area contributed by atoms with E-state index in [1.165, 1.54) is 34.4 Å². The Morgan fingerprint density at radius 3 is 2.32 bits per heavy atom. The smallest absolute Gasteiger partial charge is 0.123 e. The molecule has 0 bridgehead atoms. The van der Waals surface area contributed by atoms with Gasteiger partial charge in [-0.1, -0.05) is 60.7 Å². The van der Waals surface area contributed by atoms with Gasteiger partial charge in [0.25, 0.3) is 0 Å². The van der Waals surface area contributed by atoms with Gasteiger partial charge < -0.3 is 0 Å². The molecular weight excluding hydrogens is 457 g/mol. The third-order valence-electron chi connectivity index (χ3n) is 8.67. The Kier molecular flexibility index (Phi) is 5.26. The first-order chi connectivity index (χ1) is 18.1. The summed E-state index contributed by atoms with van der Waals surface area (Å²) in [6.45, 7) is 5.47. The standard InChI is InChI=1S/C33H30FN3/c1-23-16-32-26(19-35-37(32)28-14-12-27(34)13-15-28)18-29(23)33-22-36(20-25-10-6-3-7-11-25)21-31(33)30(33)17-24-8-4-2-5-9-24/h2-16,18-19,30-31H,17,20-22H2,1H3/t30-,31-,33-/m0/s1. The Balaban J connectivity index is 1.26. The van der Waals surface area contributed by atoms with E-state index in [0.717, 1.165) is 42.6 Å². The van der Waals surface area contributed by atoms with Crippen LogP contribution in [0.5, 0.6) is 0 Å². The number of aromatic nitrogens is 2. The van der Waals surface area contributed by atoms with Crippen molar-refractivity contribution >= 4 is 10.9 Å². The first-order valence-electron chi connectivity index (χ1n) is 13.2. The number of halogens is 1. The fraction of sp³-hybridized carbons (Fsp3) is 0.242. The fourth-order valence-electron chi connectivity index (χ4n) is 6.95. The molecular formula is C33H30FN3. The van der Waals surface area contributed by atoms with Crippen LogP contribution in [0.2, 0.25) is 0 Å². The van der Waals surface area contributed by atoms with Crippen molar-refractivity contribution in [2.75, 3.05) is 13.1 Å². The summed E-state index contributed by atoms with van der Waals surface area (Å²) in [5.41, 5.74) is 7.72. The largest absolute Gasteiger partial charge is 0.298 e. The molecule has 4 heteroatoms. The number of hydrogen-bond acceptors (Lipinski definition) is 2. The van der Waals surface area contributed by atoms with Gasteiger partial charge in [-0.05, 0) is 83.8 Å². The Labute approximate surface area is 217 Å². The fourth-order valence-corrected chi connectivity index (χ4v) is 6.95. The van der Waals surface area contributed by atoms with Crippen molar-refractivity contribution in [3.8, 4) is 5.69 Å². The normalized spacial score (nSPS) is 22.9. The third kappa shape index (κ3) is 3.79. The molecule has 1 saturated carbocycles. The molecule has 7 rings (SSSR count). The van der Waals surface area contributed by atoms with Crippen LogP contribution >= 0.6 is 0 Å². The Bertz CT molecular complexity index is 1560. The minimum absolute atomic E-state index is 0.168. The van der Waals surface area contributed by atoms with Gasteiger partial charge in [-0.3, -0.25) is 4.90 Å². The van der Waals surface area contributed by atoms with Gasteiger partial charge in [-0.25, -0.2) is 9.07 Å². The van der Waals surface area contributed by atoms with E-state index in [0.29, 0.717) is 11.8 Å². The van der Waals surface area contributed by atoms with Crippen molar-refractivity contribution in [2.45, 2.75) is 25.3 Å². The molecule has 1 aromatic heterocycles. The second-order valence-electron chi connectivity index (χ2n) is 10.9. The minimum atomic E-state index is -0.233. The molecule has 2 aliphatic rings. The highest BCUT2D eigenvalue weighted by atomic mass is 19.1. The summed E-state index contributed by atoms with van der Waals surface area (Å²) in [7, 11) is 0. The molecule has 0 spiro atoms. The number of piperidine rings is 1. The Morgan fingerprint density at radius 1 is 0.892 bits per heavy atom. The van der Waals surface area contributed by atoms with E-state index < -0.39 is 0 Å². The molecule has 0 radical (unpaired) electrons. The van der Waals surface area contributed by atoms with Crippen molar-refractivity contribution in [2.24, 2.45) is 11.8 Å². The highest BCUT2D eigenvalue weighted by molar-refractivity contribution is 5.83. The zero-order chi connectivity index (χ0) is 25.0. The molecule has 0 unspecified atom stereocenters. The summed E-state index contributed by atoms with van der Waals surface area (Å²) in [4.78, 5) is 2.65. The number of likely N-dealkylation sites (tertiary alicyclic amines) is 1. The van der Waals surface area contributed by atoms with Crippen molar-refractivity contribution in [3.63, 3.8) is 0 Å². The molecule has 2 fully saturated rings. The van der Waals surface area contributed by atoms with Crippen LogP contribution in [0.4, 0.5) is 4.39 Å². The van der Waals surface area contributed by atoms with E-state index in [1.807, 2.05) is 10.9 Å². The molecule has 37 heavy (non-hydrogen) atoms. The molecule has 1 saturated heterocycles. The second-order valence-corrected chi connectivity index (χ2v) is 10.9. The lowest BCUT2D eigenvalue weighted by atomic mass is 9.86. The van der Waals surface area contributed by atoms with Crippen LogP contribution in [0.15, 0.2) is 103 Å². The topological polar surface area (TPSA) is 21.1 Å². The predicted octanol–water partition coefficient (Wildman–Crippen LogP) is 6.72.